The second kappa shape index (κ2) is 9.94. The van der Waals surface area contributed by atoms with Crippen molar-refractivity contribution < 1.29 is 40.5 Å². The van der Waals surface area contributed by atoms with E-state index < -0.39 is 0 Å². The summed E-state index contributed by atoms with van der Waals surface area (Å²) >= 11 is 0. The fourth-order valence-electron chi connectivity index (χ4n) is 4.59. The monoisotopic (exact) mass is 521 g/mol. The predicted molar refractivity (Wildman–Crippen MR) is 128 cm³/mol. The van der Waals surface area contributed by atoms with E-state index in [0.29, 0.717) is 0 Å². The van der Waals surface area contributed by atoms with Crippen molar-refractivity contribution in [3.05, 3.63) is 78.0 Å². The molecule has 0 saturated heterocycles. The number of benzene rings is 3. The molecule has 34 heavy (non-hydrogen) atoms. The average molecular weight is 522 g/mol. The number of aromatic nitrogens is 1. The number of rotatable bonds is 6. The highest BCUT2D eigenvalue weighted by Crippen LogP contribution is 2.41. The molecule has 1 aromatic heterocycles. The molecule has 5 rings (SSSR count). The normalized spacial score (nSPS) is 12.7. The van der Waals surface area contributed by atoms with Gasteiger partial charge in [-0.25, -0.2) is 0 Å². The highest BCUT2D eigenvalue weighted by molar-refractivity contribution is 5.91. The molecule has 0 amide bonds. The van der Waals surface area contributed by atoms with Crippen molar-refractivity contribution in [1.29, 1.82) is 0 Å². The van der Waals surface area contributed by atoms with Gasteiger partial charge in [0.1, 0.15) is 6.10 Å². The fraction of sp³-hybridized carbons (Fsp3) is 0.250. The zero-order chi connectivity index (χ0) is 22.9. The summed E-state index contributed by atoms with van der Waals surface area (Å²) in [7, 11) is 5.03. The number of hydrogen-bond donors (Lipinski definition) is 0. The molecule has 0 aliphatic carbocycles. The van der Waals surface area contributed by atoms with Gasteiger partial charge < -0.3 is 35.9 Å². The van der Waals surface area contributed by atoms with Crippen molar-refractivity contribution in [1.82, 2.24) is 0 Å². The van der Waals surface area contributed by atoms with Gasteiger partial charge in [-0.1, -0.05) is 30.3 Å². The Hall–Kier alpha value is -3.25. The largest absolute Gasteiger partial charge is 1.00 e. The third kappa shape index (κ3) is 4.18. The van der Waals surface area contributed by atoms with Gasteiger partial charge in [-0.05, 0) is 47.7 Å². The van der Waals surface area contributed by atoms with Crippen molar-refractivity contribution in [2.45, 2.75) is 26.0 Å². The first-order chi connectivity index (χ1) is 16.1. The highest BCUT2D eigenvalue weighted by atomic mass is 79.9. The average Bonchev–Trinajstić information content (AvgIpc) is 2.87. The maximum Gasteiger partial charge on any atom is 0.213 e. The summed E-state index contributed by atoms with van der Waals surface area (Å²) in [6.45, 7) is 2.94. The van der Waals surface area contributed by atoms with Crippen molar-refractivity contribution in [2.75, 3.05) is 21.3 Å². The fourth-order valence-corrected chi connectivity index (χ4v) is 4.59. The Morgan fingerprint density at radius 2 is 1.53 bits per heavy atom. The van der Waals surface area contributed by atoms with Crippen molar-refractivity contribution >= 4 is 10.8 Å². The van der Waals surface area contributed by atoms with E-state index >= 15 is 0 Å². The van der Waals surface area contributed by atoms with Crippen LogP contribution in [0.25, 0.3) is 22.0 Å². The van der Waals surface area contributed by atoms with E-state index in [1.54, 1.807) is 21.3 Å². The Morgan fingerprint density at radius 3 is 2.24 bits per heavy atom. The van der Waals surface area contributed by atoms with Crippen LogP contribution in [0.4, 0.5) is 0 Å². The number of nitrogens with zero attached hydrogens (tertiary/aromatic N) is 1. The highest BCUT2D eigenvalue weighted by Gasteiger charge is 2.27. The molecule has 5 nitrogen and oxygen atoms in total. The van der Waals surface area contributed by atoms with Gasteiger partial charge in [-0.3, -0.25) is 0 Å². The van der Waals surface area contributed by atoms with Crippen molar-refractivity contribution in [3.8, 4) is 34.3 Å². The standard InChI is InChI=1S/C28H28NO4.BrH/c1-18(19-8-6-5-7-9-19)33-28-23-17-29-13-12-21-15-26(31-3)27(32-4)16-22(21)24(29)14-20(23)10-11-25(28)30-2;/h5-11,14-18H,12-13H2,1-4H3;1H/q+1;/p-1. The van der Waals surface area contributed by atoms with Crippen LogP contribution in [0.5, 0.6) is 23.0 Å². The van der Waals surface area contributed by atoms with Gasteiger partial charge in [0, 0.05) is 12.5 Å². The van der Waals surface area contributed by atoms with E-state index in [0.717, 1.165) is 63.6 Å². The number of hydrogen-bond acceptors (Lipinski definition) is 4. The first-order valence-electron chi connectivity index (χ1n) is 11.1. The predicted octanol–water partition coefficient (Wildman–Crippen LogP) is 2.52. The van der Waals surface area contributed by atoms with Crippen LogP contribution in [0.15, 0.2) is 66.9 Å². The number of pyridine rings is 1. The molecule has 3 aromatic carbocycles. The third-order valence-electron chi connectivity index (χ3n) is 6.37. The van der Waals surface area contributed by atoms with Crippen LogP contribution in [0.1, 0.15) is 24.2 Å². The van der Waals surface area contributed by atoms with E-state index in [1.807, 2.05) is 24.3 Å². The smallest absolute Gasteiger partial charge is 0.213 e. The van der Waals surface area contributed by atoms with Crippen LogP contribution in [0, 0.1) is 0 Å². The quantitative estimate of drug-likeness (QED) is 0.365. The molecule has 0 spiro atoms. The number of ether oxygens (including phenoxy) is 4. The van der Waals surface area contributed by atoms with E-state index in [1.165, 1.54) is 5.56 Å². The van der Waals surface area contributed by atoms with Crippen LogP contribution < -0.4 is 40.5 Å². The first kappa shape index (κ1) is 23.9. The molecular formula is C28H28BrNO4. The second-order valence-corrected chi connectivity index (χ2v) is 8.24. The molecule has 0 bridgehead atoms. The summed E-state index contributed by atoms with van der Waals surface area (Å²) in [5.74, 6) is 2.99. The number of aryl methyl sites for hydroxylation is 2. The minimum atomic E-state index is -0.107. The van der Waals surface area contributed by atoms with E-state index in [4.69, 9.17) is 18.9 Å². The van der Waals surface area contributed by atoms with Gasteiger partial charge in [0.25, 0.3) is 0 Å². The lowest BCUT2D eigenvalue weighted by Gasteiger charge is -2.21. The minimum Gasteiger partial charge on any atom is -1.00 e. The van der Waals surface area contributed by atoms with Crippen molar-refractivity contribution in [2.24, 2.45) is 0 Å². The van der Waals surface area contributed by atoms with Gasteiger partial charge in [0.15, 0.2) is 35.7 Å². The minimum absolute atomic E-state index is 0. The number of methoxy groups -OCH3 is 3. The molecular weight excluding hydrogens is 494 g/mol. The SMILES string of the molecule is COc1cc2c(cc1OC)-c1cc3ccc(OC)c(OC(C)c4ccccc4)c3c[n+]1CC2.[Br-]. The van der Waals surface area contributed by atoms with Gasteiger partial charge in [-0.2, -0.15) is 4.57 Å². The molecule has 0 N–H and O–H groups in total. The Kier molecular flexibility index (Phi) is 6.98. The summed E-state index contributed by atoms with van der Waals surface area (Å²) in [6.07, 6.45) is 2.99. The molecule has 6 heteroatoms. The summed E-state index contributed by atoms with van der Waals surface area (Å²) in [5.41, 5.74) is 4.69. The van der Waals surface area contributed by atoms with Gasteiger partial charge in [-0.15, -0.1) is 0 Å². The number of halogens is 1. The molecule has 1 atom stereocenters. The maximum absolute atomic E-state index is 6.49. The zero-order valence-electron chi connectivity index (χ0n) is 19.8. The summed E-state index contributed by atoms with van der Waals surface area (Å²) in [6, 6.07) is 20.7. The Bertz CT molecular complexity index is 1320. The molecule has 1 unspecified atom stereocenters. The van der Waals surface area contributed by atoms with Crippen LogP contribution in [0.2, 0.25) is 0 Å². The third-order valence-corrected chi connectivity index (χ3v) is 6.37. The van der Waals surface area contributed by atoms with Crippen LogP contribution >= 0.6 is 0 Å². The topological polar surface area (TPSA) is 40.8 Å². The second-order valence-electron chi connectivity index (χ2n) is 8.24. The van der Waals surface area contributed by atoms with Gasteiger partial charge in [0.05, 0.1) is 32.3 Å². The van der Waals surface area contributed by atoms with Crippen LogP contribution in [0.3, 0.4) is 0 Å². The molecule has 4 aromatic rings. The lowest BCUT2D eigenvalue weighted by Crippen LogP contribution is -3.00. The summed E-state index contributed by atoms with van der Waals surface area (Å²) < 4.78 is 25.5. The van der Waals surface area contributed by atoms with Gasteiger partial charge in [0.2, 0.25) is 5.69 Å². The number of fused-ring (bicyclic) bond motifs is 4. The van der Waals surface area contributed by atoms with Gasteiger partial charge >= 0.3 is 0 Å². The molecule has 176 valence electrons. The molecule has 0 saturated carbocycles. The lowest BCUT2D eigenvalue weighted by molar-refractivity contribution is -0.686. The Morgan fingerprint density at radius 1 is 0.824 bits per heavy atom. The molecule has 1 aliphatic rings. The Labute approximate surface area is 210 Å². The van der Waals surface area contributed by atoms with E-state index in [-0.39, 0.29) is 23.1 Å². The van der Waals surface area contributed by atoms with E-state index in [9.17, 15) is 0 Å². The molecule has 1 aliphatic heterocycles. The first-order valence-corrected chi connectivity index (χ1v) is 11.1. The van der Waals surface area contributed by atoms with Crippen LogP contribution in [-0.2, 0) is 13.0 Å². The molecule has 0 radical (unpaired) electrons. The van der Waals surface area contributed by atoms with Crippen molar-refractivity contribution in [3.63, 3.8) is 0 Å². The van der Waals surface area contributed by atoms with E-state index in [2.05, 4.69) is 54.1 Å². The Balaban J connectivity index is 0.00000274. The lowest BCUT2D eigenvalue weighted by atomic mass is 9.95. The zero-order valence-corrected chi connectivity index (χ0v) is 21.4. The maximum atomic E-state index is 6.49. The molecule has 2 heterocycles. The summed E-state index contributed by atoms with van der Waals surface area (Å²) in [4.78, 5) is 0. The molecule has 0 fully saturated rings. The summed E-state index contributed by atoms with van der Waals surface area (Å²) in [5, 5.41) is 2.13. The van der Waals surface area contributed by atoms with Crippen LogP contribution in [-0.4, -0.2) is 21.3 Å².